The first-order valence-electron chi connectivity index (χ1n) is 3.73. The fraction of sp³-hybridized carbons (Fsp3) is 0.875. The lowest BCUT2D eigenvalue weighted by Gasteiger charge is -2.27. The predicted molar refractivity (Wildman–Crippen MR) is 42.1 cm³/mol. The molecule has 9 heavy (non-hydrogen) atoms. The molecule has 0 aliphatic carbocycles. The van der Waals surface area contributed by atoms with E-state index in [9.17, 15) is 0 Å². The first-order valence-corrected chi connectivity index (χ1v) is 3.73. The Morgan fingerprint density at radius 2 is 1.89 bits per heavy atom. The standard InChI is InChI=1S/C8H19N/c1-5-7-8-9(3,4)6-2/h2,5-8H2,1,3-4H3/q+1. The molecule has 0 spiro atoms. The van der Waals surface area contributed by atoms with Crippen LogP contribution in [0.5, 0.6) is 0 Å². The van der Waals surface area contributed by atoms with Crippen LogP contribution in [0.1, 0.15) is 19.8 Å². The van der Waals surface area contributed by atoms with Gasteiger partial charge in [-0.05, 0) is 6.42 Å². The lowest BCUT2D eigenvalue weighted by atomic mass is 10.3. The van der Waals surface area contributed by atoms with E-state index in [0.29, 0.717) is 0 Å². The topological polar surface area (TPSA) is 0 Å². The van der Waals surface area contributed by atoms with E-state index in [-0.39, 0.29) is 0 Å². The molecule has 0 atom stereocenters. The van der Waals surface area contributed by atoms with Crippen molar-refractivity contribution in [2.24, 2.45) is 0 Å². The monoisotopic (exact) mass is 129 g/mol. The molecular formula is C8H19N+. The Morgan fingerprint density at radius 3 is 2.22 bits per heavy atom. The molecule has 0 saturated heterocycles. The average Bonchev–Trinajstić information content (AvgIpc) is 1.84. The van der Waals surface area contributed by atoms with Crippen LogP contribution < -0.4 is 0 Å². The molecule has 0 bridgehead atoms. The summed E-state index contributed by atoms with van der Waals surface area (Å²) in [5, 5.41) is 0. The Labute approximate surface area is 59.3 Å². The number of unbranched alkanes of at least 4 members (excludes halogenated alkanes) is 1. The highest BCUT2D eigenvalue weighted by Crippen LogP contribution is 1.99. The highest BCUT2D eigenvalue weighted by Gasteiger charge is 2.08. The molecule has 0 heterocycles. The molecule has 0 fully saturated rings. The van der Waals surface area contributed by atoms with Crippen LogP contribution >= 0.6 is 0 Å². The molecule has 55 valence electrons. The van der Waals surface area contributed by atoms with Gasteiger partial charge in [-0.2, -0.15) is 0 Å². The fourth-order valence-corrected chi connectivity index (χ4v) is 0.698. The molecule has 0 unspecified atom stereocenters. The quantitative estimate of drug-likeness (QED) is 0.507. The zero-order valence-corrected chi connectivity index (χ0v) is 6.98. The van der Waals surface area contributed by atoms with Gasteiger partial charge in [0, 0.05) is 6.92 Å². The molecule has 0 aromatic rings. The summed E-state index contributed by atoms with van der Waals surface area (Å²) < 4.78 is 1.06. The molecule has 0 amide bonds. The van der Waals surface area contributed by atoms with Crippen LogP contribution in [-0.2, 0) is 0 Å². The van der Waals surface area contributed by atoms with Crippen LogP contribution in [0.4, 0.5) is 0 Å². The second kappa shape index (κ2) is 3.89. The van der Waals surface area contributed by atoms with Gasteiger partial charge in [0.15, 0.2) is 0 Å². The summed E-state index contributed by atoms with van der Waals surface area (Å²) in [4.78, 5) is 0. The van der Waals surface area contributed by atoms with Gasteiger partial charge < -0.3 is 4.48 Å². The lowest BCUT2D eigenvalue weighted by molar-refractivity contribution is -0.885. The second-order valence-electron chi connectivity index (χ2n) is 3.24. The minimum absolute atomic E-state index is 1.00. The Kier molecular flexibility index (Phi) is 3.87. The summed E-state index contributed by atoms with van der Waals surface area (Å²) in [6.07, 6.45) is 2.62. The zero-order valence-electron chi connectivity index (χ0n) is 6.98. The zero-order chi connectivity index (χ0) is 7.33. The van der Waals surface area contributed by atoms with Crippen LogP contribution in [0.3, 0.4) is 0 Å². The van der Waals surface area contributed by atoms with Crippen molar-refractivity contribution in [2.75, 3.05) is 27.2 Å². The van der Waals surface area contributed by atoms with Crippen LogP contribution in [0.15, 0.2) is 0 Å². The molecule has 1 heteroatoms. The van der Waals surface area contributed by atoms with Crippen molar-refractivity contribution >= 4 is 0 Å². The van der Waals surface area contributed by atoms with E-state index >= 15 is 0 Å². The van der Waals surface area contributed by atoms with E-state index in [1.54, 1.807) is 0 Å². The van der Waals surface area contributed by atoms with E-state index in [4.69, 9.17) is 0 Å². The SMILES string of the molecule is [CH2]C[N+](C)(C)CCCC. The molecule has 0 aromatic heterocycles. The first kappa shape index (κ1) is 8.96. The third kappa shape index (κ3) is 4.46. The van der Waals surface area contributed by atoms with Gasteiger partial charge in [0.1, 0.15) is 0 Å². The smallest absolute Gasteiger partial charge is 0.0784 e. The van der Waals surface area contributed by atoms with E-state index in [1.807, 2.05) is 0 Å². The molecule has 0 aliphatic rings. The molecule has 0 aromatic carbocycles. The van der Waals surface area contributed by atoms with Gasteiger partial charge in [0.2, 0.25) is 0 Å². The van der Waals surface area contributed by atoms with Crippen LogP contribution in [0.25, 0.3) is 0 Å². The van der Waals surface area contributed by atoms with Crippen molar-refractivity contribution in [3.05, 3.63) is 6.92 Å². The summed E-state index contributed by atoms with van der Waals surface area (Å²) in [6, 6.07) is 0. The summed E-state index contributed by atoms with van der Waals surface area (Å²) in [6.45, 7) is 8.37. The highest BCUT2D eigenvalue weighted by atomic mass is 15.3. The highest BCUT2D eigenvalue weighted by molar-refractivity contribution is 4.36. The van der Waals surface area contributed by atoms with Gasteiger partial charge in [-0.3, -0.25) is 0 Å². The molecule has 0 N–H and O–H groups in total. The number of hydrogen-bond donors (Lipinski definition) is 0. The van der Waals surface area contributed by atoms with Crippen LogP contribution in [-0.4, -0.2) is 31.7 Å². The number of quaternary nitrogens is 1. The maximum atomic E-state index is 3.88. The molecule has 0 saturated carbocycles. The van der Waals surface area contributed by atoms with E-state index < -0.39 is 0 Å². The Bertz CT molecular complexity index is 67.0. The summed E-state index contributed by atoms with van der Waals surface area (Å²) in [7, 11) is 4.45. The first-order chi connectivity index (χ1) is 4.12. The number of nitrogens with zero attached hydrogens (tertiary/aromatic N) is 1. The maximum Gasteiger partial charge on any atom is 0.0784 e. The molecule has 1 radical (unpaired) electrons. The van der Waals surface area contributed by atoms with Gasteiger partial charge in [0.25, 0.3) is 0 Å². The molecule has 1 nitrogen and oxygen atoms in total. The van der Waals surface area contributed by atoms with Crippen molar-refractivity contribution in [3.8, 4) is 0 Å². The number of hydrogen-bond acceptors (Lipinski definition) is 0. The van der Waals surface area contributed by atoms with Crippen molar-refractivity contribution in [2.45, 2.75) is 19.8 Å². The Morgan fingerprint density at radius 1 is 1.33 bits per heavy atom. The molecular weight excluding hydrogens is 110 g/mol. The second-order valence-corrected chi connectivity index (χ2v) is 3.24. The van der Waals surface area contributed by atoms with Crippen LogP contribution in [0, 0.1) is 6.92 Å². The Balaban J connectivity index is 3.33. The normalized spacial score (nSPS) is 12.0. The van der Waals surface area contributed by atoms with Gasteiger partial charge in [0.05, 0.1) is 27.2 Å². The summed E-state index contributed by atoms with van der Waals surface area (Å²) >= 11 is 0. The van der Waals surface area contributed by atoms with Crippen molar-refractivity contribution in [1.82, 2.24) is 0 Å². The van der Waals surface area contributed by atoms with Gasteiger partial charge in [-0.15, -0.1) is 0 Å². The summed E-state index contributed by atoms with van der Waals surface area (Å²) in [5.41, 5.74) is 0. The minimum Gasteiger partial charge on any atom is -0.328 e. The average molecular weight is 129 g/mol. The predicted octanol–water partition coefficient (Wildman–Crippen LogP) is 1.70. The lowest BCUT2D eigenvalue weighted by Crippen LogP contribution is -2.39. The van der Waals surface area contributed by atoms with Gasteiger partial charge in [-0.1, -0.05) is 13.3 Å². The number of rotatable bonds is 4. The Hall–Kier alpha value is -0.0400. The third-order valence-electron chi connectivity index (χ3n) is 1.72. The maximum absolute atomic E-state index is 3.88. The van der Waals surface area contributed by atoms with Gasteiger partial charge in [-0.25, -0.2) is 0 Å². The van der Waals surface area contributed by atoms with E-state index in [0.717, 1.165) is 11.0 Å². The van der Waals surface area contributed by atoms with Gasteiger partial charge >= 0.3 is 0 Å². The van der Waals surface area contributed by atoms with Crippen molar-refractivity contribution < 1.29 is 4.48 Å². The summed E-state index contributed by atoms with van der Waals surface area (Å²) in [5.74, 6) is 0. The van der Waals surface area contributed by atoms with Crippen LogP contribution in [0.2, 0.25) is 0 Å². The molecule has 0 aliphatic heterocycles. The molecule has 0 rings (SSSR count). The van der Waals surface area contributed by atoms with E-state index in [1.165, 1.54) is 19.4 Å². The largest absolute Gasteiger partial charge is 0.328 e. The van der Waals surface area contributed by atoms with E-state index in [2.05, 4.69) is 27.9 Å². The van der Waals surface area contributed by atoms with Crippen molar-refractivity contribution in [1.29, 1.82) is 0 Å². The fourth-order valence-electron chi connectivity index (χ4n) is 0.698. The minimum atomic E-state index is 1.00. The van der Waals surface area contributed by atoms with Crippen molar-refractivity contribution in [3.63, 3.8) is 0 Å². The third-order valence-corrected chi connectivity index (χ3v) is 1.72.